The maximum Gasteiger partial charge on any atom is 0.0755 e. The Morgan fingerprint density at radius 3 is 2.10 bits per heavy atom. The fraction of sp³-hybridized carbons (Fsp3) is 0.294. The van der Waals surface area contributed by atoms with E-state index in [0.717, 1.165) is 16.7 Å². The molecule has 108 valence electrons. The van der Waals surface area contributed by atoms with E-state index in [-0.39, 0.29) is 24.4 Å². The van der Waals surface area contributed by atoms with Gasteiger partial charge in [0, 0.05) is 0 Å². The Bertz CT molecular complexity index is 528. The third-order valence-corrected chi connectivity index (χ3v) is 3.43. The van der Waals surface area contributed by atoms with Gasteiger partial charge >= 0.3 is 0 Å². The highest BCUT2D eigenvalue weighted by molar-refractivity contribution is 5.85. The maximum absolute atomic E-state index is 10.1. The fourth-order valence-electron chi connectivity index (χ4n) is 2.17. The molecule has 0 saturated carbocycles. The summed E-state index contributed by atoms with van der Waals surface area (Å²) in [7, 11) is 0. The number of benzene rings is 2. The summed E-state index contributed by atoms with van der Waals surface area (Å²) >= 11 is 0. The van der Waals surface area contributed by atoms with Crippen LogP contribution in [0.4, 0.5) is 0 Å². The first-order valence-electron chi connectivity index (χ1n) is 6.68. The van der Waals surface area contributed by atoms with Crippen LogP contribution in [0.3, 0.4) is 0 Å². The Morgan fingerprint density at radius 1 is 0.900 bits per heavy atom. The van der Waals surface area contributed by atoms with Crippen LogP contribution < -0.4 is 5.73 Å². The second kappa shape index (κ2) is 7.44. The lowest BCUT2D eigenvalue weighted by molar-refractivity contribution is 0.0979. The maximum atomic E-state index is 10.1. The van der Waals surface area contributed by atoms with Crippen molar-refractivity contribution in [1.82, 2.24) is 0 Å². The third-order valence-electron chi connectivity index (χ3n) is 3.43. The third kappa shape index (κ3) is 3.83. The Labute approximate surface area is 127 Å². The first kappa shape index (κ1) is 16.7. The molecule has 2 nitrogen and oxygen atoms in total. The van der Waals surface area contributed by atoms with Crippen molar-refractivity contribution in [3.63, 3.8) is 0 Å². The standard InChI is InChI=1S/C17H21NO.ClH/c1-12(2)17(19)16(18)15-10-6-9-14(11-15)13-7-4-3-5-8-13;/h3-12,16-17,19H,18H2,1-2H3;1H/t16-,17+;/m1./s1. The fourth-order valence-corrected chi connectivity index (χ4v) is 2.17. The molecule has 2 aromatic rings. The molecule has 20 heavy (non-hydrogen) atoms. The normalized spacial score (nSPS) is 13.7. The van der Waals surface area contributed by atoms with E-state index in [2.05, 4.69) is 24.3 Å². The molecule has 0 aliphatic heterocycles. The lowest BCUT2D eigenvalue weighted by atomic mass is 9.92. The lowest BCUT2D eigenvalue weighted by Crippen LogP contribution is -2.30. The largest absolute Gasteiger partial charge is 0.391 e. The Morgan fingerprint density at radius 2 is 1.50 bits per heavy atom. The van der Waals surface area contributed by atoms with Crippen LogP contribution in [-0.4, -0.2) is 11.2 Å². The molecule has 2 aromatic carbocycles. The second-order valence-corrected chi connectivity index (χ2v) is 5.25. The predicted molar refractivity (Wildman–Crippen MR) is 86.9 cm³/mol. The molecule has 0 saturated heterocycles. The van der Waals surface area contributed by atoms with Crippen molar-refractivity contribution < 1.29 is 5.11 Å². The molecule has 3 heteroatoms. The molecule has 0 radical (unpaired) electrons. The van der Waals surface area contributed by atoms with Crippen molar-refractivity contribution in [3.8, 4) is 11.1 Å². The van der Waals surface area contributed by atoms with Crippen molar-refractivity contribution >= 4 is 12.4 Å². The van der Waals surface area contributed by atoms with E-state index in [0.29, 0.717) is 0 Å². The van der Waals surface area contributed by atoms with Crippen molar-refractivity contribution in [2.24, 2.45) is 11.7 Å². The van der Waals surface area contributed by atoms with E-state index in [1.165, 1.54) is 0 Å². The minimum Gasteiger partial charge on any atom is -0.391 e. The SMILES string of the molecule is CC(C)[C@H](O)[C@H](N)c1cccc(-c2ccccc2)c1.Cl. The summed E-state index contributed by atoms with van der Waals surface area (Å²) in [5, 5.41) is 10.1. The molecule has 0 fully saturated rings. The van der Waals surface area contributed by atoms with Crippen molar-refractivity contribution in [2.75, 3.05) is 0 Å². The van der Waals surface area contributed by atoms with Gasteiger partial charge in [-0.15, -0.1) is 12.4 Å². The molecular weight excluding hydrogens is 270 g/mol. The number of hydrogen-bond acceptors (Lipinski definition) is 2. The first-order chi connectivity index (χ1) is 9.09. The molecule has 0 spiro atoms. The number of aliphatic hydroxyl groups excluding tert-OH is 1. The molecule has 0 unspecified atom stereocenters. The summed E-state index contributed by atoms with van der Waals surface area (Å²) in [5.74, 6) is 0.149. The summed E-state index contributed by atoms with van der Waals surface area (Å²) in [6.45, 7) is 3.96. The van der Waals surface area contributed by atoms with Crippen molar-refractivity contribution in [3.05, 3.63) is 60.2 Å². The summed E-state index contributed by atoms with van der Waals surface area (Å²) in [4.78, 5) is 0. The highest BCUT2D eigenvalue weighted by atomic mass is 35.5. The van der Waals surface area contributed by atoms with Crippen LogP contribution in [0, 0.1) is 5.92 Å². The molecule has 0 amide bonds. The average molecular weight is 292 g/mol. The zero-order valence-corrected chi connectivity index (χ0v) is 12.7. The van der Waals surface area contributed by atoms with Gasteiger partial charge in [-0.1, -0.05) is 62.4 Å². The van der Waals surface area contributed by atoms with Crippen LogP contribution in [-0.2, 0) is 0 Å². The molecule has 2 atom stereocenters. The zero-order valence-electron chi connectivity index (χ0n) is 11.9. The van der Waals surface area contributed by atoms with E-state index in [1.54, 1.807) is 0 Å². The van der Waals surface area contributed by atoms with Crippen molar-refractivity contribution in [1.29, 1.82) is 0 Å². The van der Waals surface area contributed by atoms with Gasteiger partial charge in [0.05, 0.1) is 12.1 Å². The molecule has 2 rings (SSSR count). The van der Waals surface area contributed by atoms with Gasteiger partial charge in [-0.25, -0.2) is 0 Å². The number of halogens is 1. The molecule has 0 aromatic heterocycles. The summed E-state index contributed by atoms with van der Waals surface area (Å²) in [5.41, 5.74) is 9.40. The summed E-state index contributed by atoms with van der Waals surface area (Å²) < 4.78 is 0. The minimum absolute atomic E-state index is 0. The van der Waals surface area contributed by atoms with E-state index in [4.69, 9.17) is 5.73 Å². The lowest BCUT2D eigenvalue weighted by Gasteiger charge is -2.22. The van der Waals surface area contributed by atoms with Gasteiger partial charge in [0.2, 0.25) is 0 Å². The molecule has 3 N–H and O–H groups in total. The van der Waals surface area contributed by atoms with Gasteiger partial charge in [-0.3, -0.25) is 0 Å². The van der Waals surface area contributed by atoms with Gasteiger partial charge in [0.15, 0.2) is 0 Å². The Hall–Kier alpha value is -1.35. The number of aliphatic hydroxyl groups is 1. The number of hydrogen-bond donors (Lipinski definition) is 2. The van der Waals surface area contributed by atoms with Gasteiger partial charge in [0.1, 0.15) is 0 Å². The quantitative estimate of drug-likeness (QED) is 0.900. The molecule has 0 heterocycles. The Balaban J connectivity index is 0.00000200. The van der Waals surface area contributed by atoms with Crippen LogP contribution in [0.25, 0.3) is 11.1 Å². The topological polar surface area (TPSA) is 46.2 Å². The molecule has 0 aliphatic carbocycles. The van der Waals surface area contributed by atoms with Crippen LogP contribution in [0.15, 0.2) is 54.6 Å². The smallest absolute Gasteiger partial charge is 0.0755 e. The highest BCUT2D eigenvalue weighted by Crippen LogP contribution is 2.25. The van der Waals surface area contributed by atoms with E-state index < -0.39 is 6.10 Å². The van der Waals surface area contributed by atoms with Gasteiger partial charge in [0.25, 0.3) is 0 Å². The van der Waals surface area contributed by atoms with E-state index in [9.17, 15) is 5.11 Å². The van der Waals surface area contributed by atoms with Gasteiger partial charge in [-0.05, 0) is 28.7 Å². The van der Waals surface area contributed by atoms with Crippen molar-refractivity contribution in [2.45, 2.75) is 26.0 Å². The monoisotopic (exact) mass is 291 g/mol. The number of nitrogens with two attached hydrogens (primary N) is 1. The summed E-state index contributed by atoms with van der Waals surface area (Å²) in [6, 6.07) is 17.9. The van der Waals surface area contributed by atoms with Crippen LogP contribution in [0.2, 0.25) is 0 Å². The summed E-state index contributed by atoms with van der Waals surface area (Å²) in [6.07, 6.45) is -0.522. The van der Waals surface area contributed by atoms with Crippen LogP contribution in [0.5, 0.6) is 0 Å². The second-order valence-electron chi connectivity index (χ2n) is 5.25. The number of rotatable bonds is 4. The van der Waals surface area contributed by atoms with Gasteiger partial charge < -0.3 is 10.8 Å². The predicted octanol–water partition coefficient (Wildman–Crippen LogP) is 3.79. The van der Waals surface area contributed by atoms with E-state index in [1.807, 2.05) is 44.2 Å². The Kier molecular flexibility index (Phi) is 6.21. The minimum atomic E-state index is -0.522. The van der Waals surface area contributed by atoms with E-state index >= 15 is 0 Å². The van der Waals surface area contributed by atoms with Gasteiger partial charge in [-0.2, -0.15) is 0 Å². The molecule has 0 aliphatic rings. The van der Waals surface area contributed by atoms with Crippen LogP contribution in [0.1, 0.15) is 25.5 Å². The highest BCUT2D eigenvalue weighted by Gasteiger charge is 2.20. The zero-order chi connectivity index (χ0) is 13.8. The first-order valence-corrected chi connectivity index (χ1v) is 6.68. The average Bonchev–Trinajstić information content (AvgIpc) is 2.46. The molecular formula is C17H22ClNO. The molecule has 0 bridgehead atoms. The van der Waals surface area contributed by atoms with Crippen LogP contribution >= 0.6 is 12.4 Å².